The van der Waals surface area contributed by atoms with Gasteiger partial charge in [-0.1, -0.05) is 12.1 Å². The predicted octanol–water partition coefficient (Wildman–Crippen LogP) is 1.60. The molecule has 0 bridgehead atoms. The number of nitrogens with zero attached hydrogens (tertiary/aromatic N) is 2. The summed E-state index contributed by atoms with van der Waals surface area (Å²) in [7, 11) is 1.56. The summed E-state index contributed by atoms with van der Waals surface area (Å²) in [6, 6.07) is 7.18. The van der Waals surface area contributed by atoms with Crippen molar-refractivity contribution in [1.82, 2.24) is 25.8 Å². The number of carbonyl (C=O) groups is 3. The van der Waals surface area contributed by atoms with Crippen molar-refractivity contribution in [3.63, 3.8) is 0 Å². The molecule has 1 aliphatic rings. The van der Waals surface area contributed by atoms with Gasteiger partial charge in [0.1, 0.15) is 29.8 Å². The molecule has 0 aliphatic carbocycles. The molecule has 2 aromatic rings. The summed E-state index contributed by atoms with van der Waals surface area (Å²) >= 11 is 0. The molecule has 0 saturated carbocycles. The highest BCUT2D eigenvalue weighted by molar-refractivity contribution is 5.92. The molecule has 0 saturated heterocycles. The second-order valence-electron chi connectivity index (χ2n) is 9.42. The van der Waals surface area contributed by atoms with E-state index in [1.807, 2.05) is 13.0 Å². The lowest BCUT2D eigenvalue weighted by Crippen LogP contribution is -2.56. The third kappa shape index (κ3) is 7.98. The fourth-order valence-electron chi connectivity index (χ4n) is 4.03. The minimum Gasteiger partial charge on any atom is -0.487 e. The molecule has 4 atom stereocenters. The first-order chi connectivity index (χ1) is 17.7. The van der Waals surface area contributed by atoms with Crippen LogP contribution in [0.4, 0.5) is 4.39 Å². The summed E-state index contributed by atoms with van der Waals surface area (Å²) in [5.41, 5.74) is 1.47. The molecule has 200 valence electrons. The average Bonchev–Trinajstić information content (AvgIpc) is 2.89. The molecular formula is C27H36FN5O4. The first-order valence-corrected chi connectivity index (χ1v) is 12.6. The number of fused-ring (bicyclic) bond motifs is 1. The monoisotopic (exact) mass is 513 g/mol. The largest absolute Gasteiger partial charge is 0.487 e. The van der Waals surface area contributed by atoms with Crippen LogP contribution in [0.25, 0.3) is 0 Å². The number of benzene rings is 1. The lowest BCUT2D eigenvalue weighted by atomic mass is 10.0. The molecule has 0 radical (unpaired) electrons. The van der Waals surface area contributed by atoms with E-state index in [4.69, 9.17) is 4.74 Å². The quantitative estimate of drug-likeness (QED) is 0.563. The van der Waals surface area contributed by atoms with E-state index in [1.54, 1.807) is 45.3 Å². The van der Waals surface area contributed by atoms with E-state index < -0.39 is 24.0 Å². The third-order valence-electron chi connectivity index (χ3n) is 6.44. The molecule has 3 N–H and O–H groups in total. The number of ether oxygens (including phenoxy) is 1. The number of likely N-dealkylation sites (N-methyl/N-ethyl adjacent to an activating group) is 1. The Morgan fingerprint density at radius 3 is 2.54 bits per heavy atom. The van der Waals surface area contributed by atoms with Gasteiger partial charge in [-0.05, 0) is 63.4 Å². The molecular weight excluding hydrogens is 477 g/mol. The maximum Gasteiger partial charge on any atom is 0.243 e. The van der Waals surface area contributed by atoms with Gasteiger partial charge in [0.25, 0.3) is 0 Å². The van der Waals surface area contributed by atoms with Gasteiger partial charge in [0.15, 0.2) is 0 Å². The number of pyridine rings is 1. The van der Waals surface area contributed by atoms with Crippen LogP contribution >= 0.6 is 0 Å². The van der Waals surface area contributed by atoms with Crippen molar-refractivity contribution < 1.29 is 23.5 Å². The molecule has 3 amide bonds. The second kappa shape index (κ2) is 13.1. The summed E-state index contributed by atoms with van der Waals surface area (Å²) in [5.74, 6) is -0.805. The molecule has 1 unspecified atom stereocenters. The Morgan fingerprint density at radius 1 is 1.08 bits per heavy atom. The number of aryl methyl sites for hydroxylation is 1. The van der Waals surface area contributed by atoms with Crippen molar-refractivity contribution in [2.45, 2.75) is 64.3 Å². The van der Waals surface area contributed by atoms with Crippen LogP contribution in [0.15, 0.2) is 42.6 Å². The van der Waals surface area contributed by atoms with Crippen molar-refractivity contribution in [2.24, 2.45) is 0 Å². The van der Waals surface area contributed by atoms with Crippen LogP contribution in [0, 0.1) is 5.82 Å². The summed E-state index contributed by atoms with van der Waals surface area (Å²) in [5, 5.41) is 8.84. The van der Waals surface area contributed by atoms with Gasteiger partial charge in [-0.3, -0.25) is 19.4 Å². The van der Waals surface area contributed by atoms with Crippen LogP contribution in [0.2, 0.25) is 0 Å². The molecule has 3 rings (SSSR count). The highest BCUT2D eigenvalue weighted by Gasteiger charge is 2.29. The van der Waals surface area contributed by atoms with Crippen molar-refractivity contribution >= 4 is 17.7 Å². The molecule has 0 spiro atoms. The lowest BCUT2D eigenvalue weighted by molar-refractivity contribution is -0.140. The molecule has 10 heteroatoms. The number of amides is 3. The normalized spacial score (nSPS) is 24.7. The SMILES string of the molecule is CC1NC[C@@H](C)Oc2cccnc2CCCNC(=O)[C@@H](Cc2ccc(F)cc2)NC(=O)[C@@H](C)N(C)C1=O. The summed E-state index contributed by atoms with van der Waals surface area (Å²) < 4.78 is 19.5. The van der Waals surface area contributed by atoms with Gasteiger partial charge in [-0.25, -0.2) is 4.39 Å². The molecule has 1 aromatic carbocycles. The fraction of sp³-hybridized carbons (Fsp3) is 0.481. The van der Waals surface area contributed by atoms with Crippen molar-refractivity contribution in [2.75, 3.05) is 20.1 Å². The first kappa shape index (κ1) is 28.0. The van der Waals surface area contributed by atoms with Crippen molar-refractivity contribution in [3.05, 3.63) is 59.7 Å². The average molecular weight is 514 g/mol. The maximum absolute atomic E-state index is 13.4. The van der Waals surface area contributed by atoms with Crippen LogP contribution in [-0.4, -0.2) is 72.0 Å². The van der Waals surface area contributed by atoms with Crippen LogP contribution in [-0.2, 0) is 27.2 Å². The van der Waals surface area contributed by atoms with Crippen molar-refractivity contribution in [3.8, 4) is 5.75 Å². The van der Waals surface area contributed by atoms with Gasteiger partial charge in [-0.2, -0.15) is 0 Å². The van der Waals surface area contributed by atoms with Gasteiger partial charge < -0.3 is 25.6 Å². The van der Waals surface area contributed by atoms with Crippen LogP contribution in [0.1, 0.15) is 38.4 Å². The number of rotatable bonds is 2. The van der Waals surface area contributed by atoms with E-state index in [1.165, 1.54) is 17.0 Å². The van der Waals surface area contributed by atoms with Gasteiger partial charge in [-0.15, -0.1) is 0 Å². The first-order valence-electron chi connectivity index (χ1n) is 12.6. The molecule has 0 fully saturated rings. The highest BCUT2D eigenvalue weighted by atomic mass is 19.1. The summed E-state index contributed by atoms with van der Waals surface area (Å²) in [4.78, 5) is 44.9. The zero-order valence-corrected chi connectivity index (χ0v) is 21.8. The zero-order chi connectivity index (χ0) is 26.9. The number of hydrogen-bond donors (Lipinski definition) is 3. The smallest absolute Gasteiger partial charge is 0.243 e. The van der Waals surface area contributed by atoms with Gasteiger partial charge in [0.2, 0.25) is 17.7 Å². The molecule has 1 aromatic heterocycles. The van der Waals surface area contributed by atoms with E-state index in [0.29, 0.717) is 37.2 Å². The molecule has 9 nitrogen and oxygen atoms in total. The Morgan fingerprint density at radius 2 is 1.81 bits per heavy atom. The number of nitrogens with one attached hydrogen (secondary N) is 3. The van der Waals surface area contributed by atoms with Crippen LogP contribution < -0.4 is 20.7 Å². The Labute approximate surface area is 217 Å². The number of aromatic nitrogens is 1. The fourth-order valence-corrected chi connectivity index (χ4v) is 4.03. The zero-order valence-electron chi connectivity index (χ0n) is 21.8. The Kier molecular flexibility index (Phi) is 9.96. The minimum atomic E-state index is -0.895. The third-order valence-corrected chi connectivity index (χ3v) is 6.44. The maximum atomic E-state index is 13.4. The van der Waals surface area contributed by atoms with Crippen LogP contribution in [0.3, 0.4) is 0 Å². The molecule has 37 heavy (non-hydrogen) atoms. The Balaban J connectivity index is 1.82. The van der Waals surface area contributed by atoms with E-state index in [-0.39, 0.29) is 30.2 Å². The number of halogens is 1. The topological polar surface area (TPSA) is 113 Å². The van der Waals surface area contributed by atoms with Crippen molar-refractivity contribution in [1.29, 1.82) is 0 Å². The minimum absolute atomic E-state index is 0.177. The van der Waals surface area contributed by atoms with Gasteiger partial charge in [0.05, 0.1) is 11.7 Å². The van der Waals surface area contributed by atoms with Gasteiger partial charge in [0, 0.05) is 32.8 Å². The van der Waals surface area contributed by atoms with E-state index in [0.717, 1.165) is 5.69 Å². The summed E-state index contributed by atoms with van der Waals surface area (Å²) in [6.45, 7) is 6.04. The van der Waals surface area contributed by atoms with E-state index >= 15 is 0 Å². The number of hydrogen-bond acceptors (Lipinski definition) is 6. The Bertz CT molecular complexity index is 1080. The predicted molar refractivity (Wildman–Crippen MR) is 137 cm³/mol. The van der Waals surface area contributed by atoms with E-state index in [9.17, 15) is 18.8 Å². The van der Waals surface area contributed by atoms with Crippen LogP contribution in [0.5, 0.6) is 5.75 Å². The van der Waals surface area contributed by atoms with E-state index in [2.05, 4.69) is 20.9 Å². The second-order valence-corrected chi connectivity index (χ2v) is 9.42. The standard InChI is InChI=1S/C27H36FN5O4/c1-17-16-31-18(2)27(36)33(4)19(3)25(34)32-23(15-20-9-11-21(28)12-10-20)26(35)30-14-5-7-22-24(37-17)8-6-13-29-22/h6,8-13,17-19,23,31H,5,7,14-16H2,1-4H3,(H,30,35)(H,32,34)/t17-,18?,19-,23-/m1/s1. The summed E-state index contributed by atoms with van der Waals surface area (Å²) in [6.07, 6.45) is 2.85. The lowest BCUT2D eigenvalue weighted by Gasteiger charge is -2.29. The Hall–Kier alpha value is -3.53. The van der Waals surface area contributed by atoms with Gasteiger partial charge >= 0.3 is 0 Å². The highest BCUT2D eigenvalue weighted by Crippen LogP contribution is 2.18. The molecule has 2 heterocycles. The number of carbonyl (C=O) groups excluding carboxylic acids is 3. The molecule has 1 aliphatic heterocycles.